The van der Waals surface area contributed by atoms with Crippen LogP contribution in [-0.2, 0) is 9.53 Å². The zero-order valence-corrected chi connectivity index (χ0v) is 17.5. The van der Waals surface area contributed by atoms with Crippen LogP contribution in [0.15, 0.2) is 60.7 Å². The number of para-hydroxylation sites is 2. The number of thiophene rings is 1. The first kappa shape index (κ1) is 21.4. The highest BCUT2D eigenvalue weighted by molar-refractivity contribution is 7.20. The SMILES string of the molecule is CCOC(=O)c1cc(-c2ccccc2)sc1NC(=O)CCCOc1ccccc1N. The van der Waals surface area contributed by atoms with Gasteiger partial charge in [0.25, 0.3) is 0 Å². The molecule has 0 radical (unpaired) electrons. The maximum atomic E-state index is 12.4. The predicted molar refractivity (Wildman–Crippen MR) is 120 cm³/mol. The summed E-state index contributed by atoms with van der Waals surface area (Å²) in [6.07, 6.45) is 0.777. The molecular weight excluding hydrogens is 400 g/mol. The van der Waals surface area contributed by atoms with Crippen molar-refractivity contribution in [1.82, 2.24) is 0 Å². The Bertz CT molecular complexity index is 1000. The van der Waals surface area contributed by atoms with Gasteiger partial charge < -0.3 is 20.5 Å². The summed E-state index contributed by atoms with van der Waals surface area (Å²) in [6, 6.07) is 18.7. The summed E-state index contributed by atoms with van der Waals surface area (Å²) in [7, 11) is 0. The first-order valence-corrected chi connectivity index (χ1v) is 10.5. The highest BCUT2D eigenvalue weighted by atomic mass is 32.1. The number of carbonyl (C=O) groups excluding carboxylic acids is 2. The molecule has 0 aliphatic carbocycles. The van der Waals surface area contributed by atoms with Gasteiger partial charge in [-0.3, -0.25) is 4.79 Å². The summed E-state index contributed by atoms with van der Waals surface area (Å²) < 4.78 is 10.8. The van der Waals surface area contributed by atoms with Gasteiger partial charge in [-0.2, -0.15) is 0 Å². The van der Waals surface area contributed by atoms with Gasteiger partial charge in [-0.15, -0.1) is 11.3 Å². The Kier molecular flexibility index (Phi) is 7.45. The Hall–Kier alpha value is -3.32. The van der Waals surface area contributed by atoms with Crippen molar-refractivity contribution in [2.45, 2.75) is 19.8 Å². The van der Waals surface area contributed by atoms with Crippen molar-refractivity contribution in [3.63, 3.8) is 0 Å². The van der Waals surface area contributed by atoms with Crippen molar-refractivity contribution in [2.24, 2.45) is 0 Å². The van der Waals surface area contributed by atoms with Crippen LogP contribution in [-0.4, -0.2) is 25.1 Å². The van der Waals surface area contributed by atoms with Gasteiger partial charge in [0.05, 0.1) is 24.5 Å². The molecule has 0 atom stereocenters. The van der Waals surface area contributed by atoms with Gasteiger partial charge in [-0.05, 0) is 37.1 Å². The molecule has 0 spiro atoms. The van der Waals surface area contributed by atoms with Crippen LogP contribution in [0.2, 0.25) is 0 Å². The maximum absolute atomic E-state index is 12.4. The molecule has 0 bridgehead atoms. The monoisotopic (exact) mass is 424 g/mol. The number of amides is 1. The van der Waals surface area contributed by atoms with Crippen LogP contribution in [0, 0.1) is 0 Å². The fourth-order valence-electron chi connectivity index (χ4n) is 2.80. The quantitative estimate of drug-likeness (QED) is 0.287. The first-order chi connectivity index (χ1) is 14.6. The number of rotatable bonds is 9. The van der Waals surface area contributed by atoms with Crippen LogP contribution in [0.5, 0.6) is 5.75 Å². The minimum absolute atomic E-state index is 0.188. The van der Waals surface area contributed by atoms with Gasteiger partial charge in [0.2, 0.25) is 5.91 Å². The van der Waals surface area contributed by atoms with Gasteiger partial charge in [0.15, 0.2) is 0 Å². The van der Waals surface area contributed by atoms with E-state index in [4.69, 9.17) is 15.2 Å². The zero-order valence-electron chi connectivity index (χ0n) is 16.7. The van der Waals surface area contributed by atoms with E-state index >= 15 is 0 Å². The molecule has 3 N–H and O–H groups in total. The van der Waals surface area contributed by atoms with E-state index in [0.29, 0.717) is 35.0 Å². The third-order valence-corrected chi connectivity index (χ3v) is 5.36. The summed E-state index contributed by atoms with van der Waals surface area (Å²) in [5, 5.41) is 3.34. The molecule has 1 heterocycles. The number of nitrogens with one attached hydrogen (secondary N) is 1. The lowest BCUT2D eigenvalue weighted by Crippen LogP contribution is -2.15. The molecule has 0 aliphatic rings. The Morgan fingerprint density at radius 2 is 1.80 bits per heavy atom. The van der Waals surface area contributed by atoms with Crippen LogP contribution in [0.4, 0.5) is 10.7 Å². The lowest BCUT2D eigenvalue weighted by atomic mass is 10.1. The number of nitrogens with two attached hydrogens (primary N) is 1. The number of nitrogen functional groups attached to an aromatic ring is 1. The molecule has 30 heavy (non-hydrogen) atoms. The maximum Gasteiger partial charge on any atom is 0.341 e. The third kappa shape index (κ3) is 5.61. The average Bonchev–Trinajstić information content (AvgIpc) is 3.17. The van der Waals surface area contributed by atoms with Crippen LogP contribution in [0.3, 0.4) is 0 Å². The van der Waals surface area contributed by atoms with E-state index in [2.05, 4.69) is 5.32 Å². The summed E-state index contributed by atoms with van der Waals surface area (Å²) in [5.41, 5.74) is 7.74. The number of anilines is 2. The van der Waals surface area contributed by atoms with Crippen molar-refractivity contribution >= 4 is 33.9 Å². The van der Waals surface area contributed by atoms with Crippen molar-refractivity contribution in [1.29, 1.82) is 0 Å². The third-order valence-electron chi connectivity index (χ3n) is 4.26. The minimum atomic E-state index is -0.450. The summed E-state index contributed by atoms with van der Waals surface area (Å²) in [6.45, 7) is 2.38. The molecule has 6 nitrogen and oxygen atoms in total. The lowest BCUT2D eigenvalue weighted by molar-refractivity contribution is -0.116. The van der Waals surface area contributed by atoms with Gasteiger partial charge in [-0.1, -0.05) is 42.5 Å². The summed E-state index contributed by atoms with van der Waals surface area (Å²) in [5.74, 6) is -0.0333. The van der Waals surface area contributed by atoms with E-state index in [0.717, 1.165) is 10.4 Å². The number of hydrogen-bond donors (Lipinski definition) is 2. The van der Waals surface area contributed by atoms with E-state index in [-0.39, 0.29) is 18.9 Å². The fourth-order valence-corrected chi connectivity index (χ4v) is 3.87. The van der Waals surface area contributed by atoms with E-state index < -0.39 is 5.97 Å². The Labute approximate surface area is 179 Å². The van der Waals surface area contributed by atoms with Crippen molar-refractivity contribution in [2.75, 3.05) is 24.3 Å². The molecule has 0 saturated heterocycles. The molecule has 1 amide bonds. The molecule has 3 rings (SSSR count). The second-order valence-electron chi connectivity index (χ2n) is 6.48. The summed E-state index contributed by atoms with van der Waals surface area (Å²) >= 11 is 1.35. The van der Waals surface area contributed by atoms with Crippen LogP contribution in [0.25, 0.3) is 10.4 Å². The molecule has 0 fully saturated rings. The lowest BCUT2D eigenvalue weighted by Gasteiger charge is -2.09. The molecule has 156 valence electrons. The van der Waals surface area contributed by atoms with Crippen molar-refractivity contribution < 1.29 is 19.1 Å². The van der Waals surface area contributed by atoms with Gasteiger partial charge in [0, 0.05) is 11.3 Å². The summed E-state index contributed by atoms with van der Waals surface area (Å²) in [4.78, 5) is 25.7. The Balaban J connectivity index is 1.62. The first-order valence-electron chi connectivity index (χ1n) is 9.72. The molecule has 0 aliphatic heterocycles. The van der Waals surface area contributed by atoms with E-state index in [1.807, 2.05) is 42.5 Å². The fraction of sp³-hybridized carbons (Fsp3) is 0.217. The molecule has 0 unspecified atom stereocenters. The zero-order chi connectivity index (χ0) is 21.3. The Morgan fingerprint density at radius 3 is 2.53 bits per heavy atom. The normalized spacial score (nSPS) is 10.4. The van der Waals surface area contributed by atoms with Gasteiger partial charge in [0.1, 0.15) is 10.8 Å². The number of carbonyl (C=O) groups is 2. The van der Waals surface area contributed by atoms with Gasteiger partial charge in [-0.25, -0.2) is 4.79 Å². The van der Waals surface area contributed by atoms with Crippen molar-refractivity contribution in [3.05, 3.63) is 66.2 Å². The largest absolute Gasteiger partial charge is 0.491 e. The number of benzene rings is 2. The molecule has 1 aromatic heterocycles. The highest BCUT2D eigenvalue weighted by Crippen LogP contribution is 2.36. The van der Waals surface area contributed by atoms with E-state index in [9.17, 15) is 9.59 Å². The standard InChI is InChI=1S/C23H24N2O4S/c1-2-28-23(27)17-15-20(16-9-4-3-5-10-16)30-22(17)25-21(26)13-8-14-29-19-12-7-6-11-18(19)24/h3-7,9-12,15H,2,8,13-14,24H2,1H3,(H,25,26). The van der Waals surface area contributed by atoms with E-state index in [1.54, 1.807) is 25.1 Å². The second kappa shape index (κ2) is 10.5. The van der Waals surface area contributed by atoms with E-state index in [1.165, 1.54) is 11.3 Å². The smallest absolute Gasteiger partial charge is 0.341 e. The number of esters is 1. The van der Waals surface area contributed by atoms with Crippen LogP contribution in [0.1, 0.15) is 30.1 Å². The number of ether oxygens (including phenoxy) is 2. The average molecular weight is 425 g/mol. The molecule has 2 aromatic carbocycles. The second-order valence-corrected chi connectivity index (χ2v) is 7.53. The molecule has 3 aromatic rings. The van der Waals surface area contributed by atoms with Crippen molar-refractivity contribution in [3.8, 4) is 16.2 Å². The number of hydrogen-bond acceptors (Lipinski definition) is 6. The van der Waals surface area contributed by atoms with Crippen LogP contribution >= 0.6 is 11.3 Å². The highest BCUT2D eigenvalue weighted by Gasteiger charge is 2.19. The minimum Gasteiger partial charge on any atom is -0.491 e. The molecule has 7 heteroatoms. The predicted octanol–water partition coefficient (Wildman–Crippen LogP) is 4.97. The molecular formula is C23H24N2O4S. The molecule has 0 saturated carbocycles. The Morgan fingerprint density at radius 1 is 1.07 bits per heavy atom. The van der Waals surface area contributed by atoms with Gasteiger partial charge >= 0.3 is 5.97 Å². The topological polar surface area (TPSA) is 90.6 Å². The van der Waals surface area contributed by atoms with Crippen LogP contribution < -0.4 is 15.8 Å².